The topological polar surface area (TPSA) is 86.8 Å². The number of halogens is 2. The fourth-order valence-electron chi connectivity index (χ4n) is 3.11. The van der Waals surface area contributed by atoms with Crippen molar-refractivity contribution in [3.8, 4) is 0 Å². The van der Waals surface area contributed by atoms with Gasteiger partial charge in [-0.05, 0) is 69.7 Å². The molecule has 0 saturated heterocycles. The molecule has 0 fully saturated rings. The summed E-state index contributed by atoms with van der Waals surface area (Å²) < 4.78 is 26.9. The van der Waals surface area contributed by atoms with E-state index in [1.54, 1.807) is 19.1 Å². The molecule has 0 aromatic heterocycles. The molecule has 33 heavy (non-hydrogen) atoms. The van der Waals surface area contributed by atoms with Crippen LogP contribution in [0, 0.1) is 0 Å². The number of nitrogens with one attached hydrogen (secondary N) is 1. The Bertz CT molecular complexity index is 1100. The van der Waals surface area contributed by atoms with Crippen LogP contribution in [0.2, 0.25) is 5.02 Å². The SMILES string of the molecule is CC(C(=O)NC(C)(C)C)N(Cc1cccc(Br)c1)C(=O)CN(c1ccc(Cl)cc1)S(C)(=O)=O. The minimum Gasteiger partial charge on any atom is -0.350 e. The molecule has 2 amide bonds. The van der Waals surface area contributed by atoms with Crippen LogP contribution in [0.4, 0.5) is 5.69 Å². The maximum Gasteiger partial charge on any atom is 0.244 e. The van der Waals surface area contributed by atoms with Crippen molar-refractivity contribution >= 4 is 55.1 Å². The average Bonchev–Trinajstić information content (AvgIpc) is 2.68. The van der Waals surface area contributed by atoms with Gasteiger partial charge in [0, 0.05) is 21.6 Å². The molecule has 2 aromatic rings. The van der Waals surface area contributed by atoms with Gasteiger partial charge in [0.15, 0.2) is 0 Å². The minimum atomic E-state index is -3.78. The van der Waals surface area contributed by atoms with Crippen LogP contribution in [-0.4, -0.2) is 49.5 Å². The molecule has 0 heterocycles. The highest BCUT2D eigenvalue weighted by molar-refractivity contribution is 9.10. The second-order valence-electron chi connectivity index (χ2n) is 8.81. The fourth-order valence-corrected chi connectivity index (χ4v) is 4.53. The molecule has 0 spiro atoms. The third-order valence-corrected chi connectivity index (χ3v) is 6.59. The zero-order chi connectivity index (χ0) is 25.0. The second kappa shape index (κ2) is 10.9. The normalized spacial score (nSPS) is 12.7. The maximum absolute atomic E-state index is 13.4. The first-order chi connectivity index (χ1) is 15.2. The van der Waals surface area contributed by atoms with E-state index in [0.717, 1.165) is 20.6 Å². The van der Waals surface area contributed by atoms with Gasteiger partial charge in [-0.3, -0.25) is 13.9 Å². The molecule has 0 aliphatic heterocycles. The Labute approximate surface area is 209 Å². The molecule has 180 valence electrons. The van der Waals surface area contributed by atoms with Gasteiger partial charge in [0.25, 0.3) is 0 Å². The van der Waals surface area contributed by atoms with Crippen molar-refractivity contribution in [2.75, 3.05) is 17.1 Å². The second-order valence-corrected chi connectivity index (χ2v) is 12.1. The lowest BCUT2D eigenvalue weighted by atomic mass is 10.1. The van der Waals surface area contributed by atoms with Crippen molar-refractivity contribution in [2.24, 2.45) is 0 Å². The fraction of sp³-hybridized carbons (Fsp3) is 0.391. The van der Waals surface area contributed by atoms with Crippen molar-refractivity contribution in [1.29, 1.82) is 0 Å². The number of sulfonamides is 1. The summed E-state index contributed by atoms with van der Waals surface area (Å²) in [4.78, 5) is 27.7. The van der Waals surface area contributed by atoms with E-state index in [2.05, 4.69) is 21.2 Å². The largest absolute Gasteiger partial charge is 0.350 e. The van der Waals surface area contributed by atoms with Gasteiger partial charge >= 0.3 is 0 Å². The summed E-state index contributed by atoms with van der Waals surface area (Å²) in [5.74, 6) is -0.838. The van der Waals surface area contributed by atoms with Gasteiger partial charge in [-0.2, -0.15) is 0 Å². The number of nitrogens with zero attached hydrogens (tertiary/aromatic N) is 2. The van der Waals surface area contributed by atoms with Crippen LogP contribution >= 0.6 is 27.5 Å². The van der Waals surface area contributed by atoms with Crippen molar-refractivity contribution in [3.63, 3.8) is 0 Å². The van der Waals surface area contributed by atoms with Crippen molar-refractivity contribution in [3.05, 3.63) is 63.6 Å². The van der Waals surface area contributed by atoms with Crippen LogP contribution in [0.25, 0.3) is 0 Å². The van der Waals surface area contributed by atoms with E-state index < -0.39 is 34.1 Å². The molecular weight excluding hydrogens is 530 g/mol. The number of hydrogen-bond acceptors (Lipinski definition) is 4. The predicted octanol–water partition coefficient (Wildman–Crippen LogP) is 4.20. The zero-order valence-corrected chi connectivity index (χ0v) is 22.5. The summed E-state index contributed by atoms with van der Waals surface area (Å²) in [6.07, 6.45) is 1.03. The highest BCUT2D eigenvalue weighted by Crippen LogP contribution is 2.22. The summed E-state index contributed by atoms with van der Waals surface area (Å²) >= 11 is 9.34. The van der Waals surface area contributed by atoms with Gasteiger partial charge in [-0.25, -0.2) is 8.42 Å². The zero-order valence-electron chi connectivity index (χ0n) is 19.3. The monoisotopic (exact) mass is 557 g/mol. The summed E-state index contributed by atoms with van der Waals surface area (Å²) in [5, 5.41) is 3.33. The highest BCUT2D eigenvalue weighted by Gasteiger charge is 2.31. The van der Waals surface area contributed by atoms with Gasteiger partial charge < -0.3 is 10.2 Å². The first-order valence-corrected chi connectivity index (χ1v) is 13.3. The Hall–Kier alpha value is -2.10. The molecule has 0 saturated carbocycles. The lowest BCUT2D eigenvalue weighted by Crippen LogP contribution is -2.54. The lowest BCUT2D eigenvalue weighted by Gasteiger charge is -2.33. The third-order valence-electron chi connectivity index (χ3n) is 4.70. The average molecular weight is 559 g/mol. The number of carbonyl (C=O) groups is 2. The highest BCUT2D eigenvalue weighted by atomic mass is 79.9. The molecule has 0 aliphatic carbocycles. The van der Waals surface area contributed by atoms with Gasteiger partial charge in [0.1, 0.15) is 12.6 Å². The number of hydrogen-bond donors (Lipinski definition) is 1. The van der Waals surface area contributed by atoms with Crippen molar-refractivity contribution in [1.82, 2.24) is 10.2 Å². The first kappa shape index (κ1) is 27.1. The third kappa shape index (κ3) is 8.32. The summed E-state index contributed by atoms with van der Waals surface area (Å²) in [7, 11) is -3.78. The Morgan fingerprint density at radius 2 is 1.73 bits per heavy atom. The molecule has 0 aliphatic rings. The van der Waals surface area contributed by atoms with E-state index >= 15 is 0 Å². The van der Waals surface area contributed by atoms with Gasteiger partial charge in [-0.1, -0.05) is 39.7 Å². The summed E-state index contributed by atoms with van der Waals surface area (Å²) in [6.45, 7) is 6.86. The molecular formula is C23H29BrClN3O4S. The molecule has 7 nitrogen and oxygen atoms in total. The smallest absolute Gasteiger partial charge is 0.244 e. The molecule has 1 atom stereocenters. The van der Waals surface area contributed by atoms with Crippen molar-refractivity contribution in [2.45, 2.75) is 45.8 Å². The number of carbonyl (C=O) groups excluding carboxylic acids is 2. The summed E-state index contributed by atoms with van der Waals surface area (Å²) in [5.41, 5.74) is 0.618. The number of anilines is 1. The lowest BCUT2D eigenvalue weighted by molar-refractivity contribution is -0.140. The molecule has 0 radical (unpaired) electrons. The van der Waals surface area contributed by atoms with Gasteiger partial charge in [0.05, 0.1) is 11.9 Å². The Morgan fingerprint density at radius 1 is 1.12 bits per heavy atom. The Kier molecular flexibility index (Phi) is 8.95. The van der Waals surface area contributed by atoms with E-state index in [-0.39, 0.29) is 12.5 Å². The van der Waals surface area contributed by atoms with Gasteiger partial charge in [-0.15, -0.1) is 0 Å². The van der Waals surface area contributed by atoms with Crippen LogP contribution in [0.3, 0.4) is 0 Å². The van der Waals surface area contributed by atoms with E-state index in [1.165, 1.54) is 17.0 Å². The van der Waals surface area contributed by atoms with Crippen LogP contribution in [-0.2, 0) is 26.2 Å². The van der Waals surface area contributed by atoms with Crippen LogP contribution in [0.1, 0.15) is 33.3 Å². The predicted molar refractivity (Wildman–Crippen MR) is 136 cm³/mol. The summed E-state index contributed by atoms with van der Waals surface area (Å²) in [6, 6.07) is 12.7. The number of benzene rings is 2. The molecule has 10 heteroatoms. The standard InChI is InChI=1S/C23H29BrClN3O4S/c1-16(22(30)26-23(2,3)4)27(14-17-7-6-8-18(24)13-17)21(29)15-28(33(5,31)32)20-11-9-19(25)10-12-20/h6-13,16H,14-15H2,1-5H3,(H,26,30). The van der Waals surface area contributed by atoms with Crippen LogP contribution < -0.4 is 9.62 Å². The minimum absolute atomic E-state index is 0.134. The van der Waals surface area contributed by atoms with Gasteiger partial charge in [0.2, 0.25) is 21.8 Å². The molecule has 1 unspecified atom stereocenters. The van der Waals surface area contributed by atoms with Crippen LogP contribution in [0.15, 0.2) is 53.0 Å². The Balaban J connectivity index is 2.39. The first-order valence-electron chi connectivity index (χ1n) is 10.3. The van der Waals surface area contributed by atoms with E-state index in [9.17, 15) is 18.0 Å². The quantitative estimate of drug-likeness (QED) is 0.526. The van der Waals surface area contributed by atoms with E-state index in [1.807, 2.05) is 45.0 Å². The van der Waals surface area contributed by atoms with E-state index in [0.29, 0.717) is 10.7 Å². The van der Waals surface area contributed by atoms with Crippen molar-refractivity contribution < 1.29 is 18.0 Å². The molecule has 0 bridgehead atoms. The Morgan fingerprint density at radius 3 is 2.24 bits per heavy atom. The molecule has 1 N–H and O–H groups in total. The van der Waals surface area contributed by atoms with E-state index in [4.69, 9.17) is 11.6 Å². The molecule has 2 aromatic carbocycles. The number of amides is 2. The van der Waals surface area contributed by atoms with Crippen LogP contribution in [0.5, 0.6) is 0 Å². The number of rotatable bonds is 8. The molecule has 2 rings (SSSR count). The maximum atomic E-state index is 13.4.